The summed E-state index contributed by atoms with van der Waals surface area (Å²) in [5.41, 5.74) is 2.33. The molecule has 0 saturated heterocycles. The molecule has 0 unspecified atom stereocenters. The molecule has 0 bridgehead atoms. The molecule has 5 heteroatoms. The van der Waals surface area contributed by atoms with E-state index in [2.05, 4.69) is 5.32 Å². The van der Waals surface area contributed by atoms with Crippen LogP contribution in [0.4, 0.5) is 11.4 Å². The number of benzene rings is 2. The van der Waals surface area contributed by atoms with Gasteiger partial charge < -0.3 is 10.2 Å². The summed E-state index contributed by atoms with van der Waals surface area (Å²) in [5.74, 6) is -0.324. The first-order valence-electron chi connectivity index (χ1n) is 7.93. The van der Waals surface area contributed by atoms with Gasteiger partial charge in [-0.05, 0) is 26.0 Å². The highest BCUT2D eigenvalue weighted by Crippen LogP contribution is 2.35. The van der Waals surface area contributed by atoms with Crippen LogP contribution in [0.3, 0.4) is 0 Å². The number of ketones is 1. The lowest BCUT2D eigenvalue weighted by molar-refractivity contribution is -0.114. The summed E-state index contributed by atoms with van der Waals surface area (Å²) in [6.45, 7) is 6.87. The predicted octanol–water partition coefficient (Wildman–Crippen LogP) is 4.38. The van der Waals surface area contributed by atoms with Crippen molar-refractivity contribution in [1.29, 1.82) is 0 Å². The molecule has 0 fully saturated rings. The summed E-state index contributed by atoms with van der Waals surface area (Å²) < 4.78 is 0. The van der Waals surface area contributed by atoms with Gasteiger partial charge in [0, 0.05) is 36.2 Å². The van der Waals surface area contributed by atoms with E-state index in [-0.39, 0.29) is 11.7 Å². The minimum Gasteiger partial charge on any atom is -0.370 e. The molecule has 0 radical (unpaired) electrons. The number of hydrogen-bond acceptors (Lipinski definition) is 3. The van der Waals surface area contributed by atoms with Gasteiger partial charge in [0.05, 0.1) is 11.4 Å². The second-order valence-corrected chi connectivity index (χ2v) is 5.83. The van der Waals surface area contributed by atoms with Gasteiger partial charge in [-0.1, -0.05) is 41.9 Å². The van der Waals surface area contributed by atoms with E-state index in [1.165, 1.54) is 6.92 Å². The fraction of sp³-hybridized carbons (Fsp3) is 0.263. The number of carbonyl (C=O) groups excluding carboxylic acids is 2. The Labute approximate surface area is 147 Å². The molecule has 0 atom stereocenters. The highest BCUT2D eigenvalue weighted by Gasteiger charge is 2.21. The van der Waals surface area contributed by atoms with E-state index in [0.29, 0.717) is 40.6 Å². The van der Waals surface area contributed by atoms with Gasteiger partial charge in [0.1, 0.15) is 0 Å². The monoisotopic (exact) mass is 344 g/mol. The van der Waals surface area contributed by atoms with Crippen molar-refractivity contribution in [3.8, 4) is 0 Å². The summed E-state index contributed by atoms with van der Waals surface area (Å²) >= 11 is 6.21. The van der Waals surface area contributed by atoms with Gasteiger partial charge in [-0.2, -0.15) is 0 Å². The van der Waals surface area contributed by atoms with Crippen molar-refractivity contribution in [2.24, 2.45) is 0 Å². The van der Waals surface area contributed by atoms with Gasteiger partial charge >= 0.3 is 0 Å². The molecule has 4 nitrogen and oxygen atoms in total. The molecule has 0 aliphatic heterocycles. The van der Waals surface area contributed by atoms with Crippen LogP contribution in [0.1, 0.15) is 36.7 Å². The zero-order chi connectivity index (χ0) is 17.7. The molecule has 0 aliphatic rings. The summed E-state index contributed by atoms with van der Waals surface area (Å²) in [5, 5.41) is 3.20. The molecule has 0 aliphatic carbocycles. The van der Waals surface area contributed by atoms with Crippen LogP contribution >= 0.6 is 11.6 Å². The smallest absolute Gasteiger partial charge is 0.221 e. The van der Waals surface area contributed by atoms with E-state index < -0.39 is 0 Å². The maximum Gasteiger partial charge on any atom is 0.221 e. The second kappa shape index (κ2) is 7.97. The topological polar surface area (TPSA) is 49.4 Å². The van der Waals surface area contributed by atoms with Crippen LogP contribution in [0.25, 0.3) is 0 Å². The first kappa shape index (κ1) is 18.0. The van der Waals surface area contributed by atoms with Crippen LogP contribution in [0, 0.1) is 0 Å². The van der Waals surface area contributed by atoms with Crippen molar-refractivity contribution in [3.63, 3.8) is 0 Å². The molecule has 0 aromatic heterocycles. The van der Waals surface area contributed by atoms with Gasteiger partial charge in [0.25, 0.3) is 0 Å². The van der Waals surface area contributed by atoms with E-state index in [1.807, 2.05) is 36.9 Å². The number of amides is 1. The van der Waals surface area contributed by atoms with Gasteiger partial charge in [-0.3, -0.25) is 9.59 Å². The van der Waals surface area contributed by atoms with Gasteiger partial charge in [-0.25, -0.2) is 0 Å². The zero-order valence-corrected chi connectivity index (χ0v) is 14.9. The average molecular weight is 345 g/mol. The number of halogens is 1. The largest absolute Gasteiger partial charge is 0.370 e. The molecule has 24 heavy (non-hydrogen) atoms. The van der Waals surface area contributed by atoms with Crippen LogP contribution in [-0.2, 0) is 4.79 Å². The summed E-state index contributed by atoms with van der Waals surface area (Å²) in [6, 6.07) is 12.4. The van der Waals surface area contributed by atoms with Crippen LogP contribution in [0.5, 0.6) is 0 Å². The molecule has 0 saturated carbocycles. The van der Waals surface area contributed by atoms with Crippen LogP contribution in [0.15, 0.2) is 42.5 Å². The highest BCUT2D eigenvalue weighted by atomic mass is 35.5. The minimum absolute atomic E-state index is 0.119. The Bertz CT molecular complexity index is 741. The molecule has 1 N–H and O–H groups in total. The Hall–Kier alpha value is -2.33. The number of anilines is 2. The lowest BCUT2D eigenvalue weighted by Gasteiger charge is -2.27. The van der Waals surface area contributed by atoms with E-state index in [0.717, 1.165) is 0 Å². The fourth-order valence-corrected chi connectivity index (χ4v) is 2.90. The number of carbonyl (C=O) groups is 2. The van der Waals surface area contributed by atoms with Crippen molar-refractivity contribution in [1.82, 2.24) is 0 Å². The first-order chi connectivity index (χ1) is 11.5. The highest BCUT2D eigenvalue weighted by molar-refractivity contribution is 6.32. The molecule has 0 heterocycles. The SMILES string of the molecule is CCN(CC)c1c(NC(C)=O)cc(Cl)cc1C(=O)c1ccccc1. The molecule has 0 spiro atoms. The van der Waals surface area contributed by atoms with E-state index in [1.54, 1.807) is 24.3 Å². The normalized spacial score (nSPS) is 10.3. The Kier molecular flexibility index (Phi) is 5.99. The molecular weight excluding hydrogens is 324 g/mol. The summed E-state index contributed by atoms with van der Waals surface area (Å²) in [4.78, 5) is 26.6. The predicted molar refractivity (Wildman–Crippen MR) is 99.2 cm³/mol. The second-order valence-electron chi connectivity index (χ2n) is 5.40. The van der Waals surface area contributed by atoms with E-state index >= 15 is 0 Å². The first-order valence-corrected chi connectivity index (χ1v) is 8.31. The van der Waals surface area contributed by atoms with E-state index in [9.17, 15) is 9.59 Å². The minimum atomic E-state index is -0.205. The van der Waals surface area contributed by atoms with Crippen molar-refractivity contribution in [3.05, 3.63) is 58.6 Å². The van der Waals surface area contributed by atoms with Crippen LogP contribution in [-0.4, -0.2) is 24.8 Å². The third kappa shape index (κ3) is 3.95. The Balaban J connectivity index is 2.66. The Morgan fingerprint density at radius 2 is 1.71 bits per heavy atom. The molecular formula is C19H21ClN2O2. The fourth-order valence-electron chi connectivity index (χ4n) is 2.68. The lowest BCUT2D eigenvalue weighted by atomic mass is 9.99. The summed E-state index contributed by atoms with van der Waals surface area (Å²) in [7, 11) is 0. The van der Waals surface area contributed by atoms with Crippen LogP contribution < -0.4 is 10.2 Å². The quantitative estimate of drug-likeness (QED) is 0.791. The van der Waals surface area contributed by atoms with Crippen molar-refractivity contribution in [2.75, 3.05) is 23.3 Å². The molecule has 2 aromatic rings. The zero-order valence-electron chi connectivity index (χ0n) is 14.1. The number of rotatable bonds is 6. The Morgan fingerprint density at radius 3 is 2.25 bits per heavy atom. The molecule has 1 amide bonds. The molecule has 2 rings (SSSR count). The average Bonchev–Trinajstić information content (AvgIpc) is 2.56. The van der Waals surface area contributed by atoms with Gasteiger partial charge in [0.2, 0.25) is 5.91 Å². The lowest BCUT2D eigenvalue weighted by Crippen LogP contribution is -2.26. The third-order valence-electron chi connectivity index (χ3n) is 3.75. The van der Waals surface area contributed by atoms with Gasteiger partial charge in [0.15, 0.2) is 5.78 Å². The van der Waals surface area contributed by atoms with E-state index in [4.69, 9.17) is 11.6 Å². The third-order valence-corrected chi connectivity index (χ3v) is 3.96. The van der Waals surface area contributed by atoms with Crippen LogP contribution in [0.2, 0.25) is 5.02 Å². The number of nitrogens with zero attached hydrogens (tertiary/aromatic N) is 1. The summed E-state index contributed by atoms with van der Waals surface area (Å²) in [6.07, 6.45) is 0. The molecule has 126 valence electrons. The number of nitrogens with one attached hydrogen (secondary N) is 1. The Morgan fingerprint density at radius 1 is 1.08 bits per heavy atom. The number of hydrogen-bond donors (Lipinski definition) is 1. The van der Waals surface area contributed by atoms with Crippen molar-refractivity contribution in [2.45, 2.75) is 20.8 Å². The maximum atomic E-state index is 13.0. The molecule has 2 aromatic carbocycles. The standard InChI is InChI=1S/C19H21ClN2O2/c1-4-22(5-2)18-16(19(24)14-9-7-6-8-10-14)11-15(20)12-17(18)21-13(3)23/h6-12H,4-5H2,1-3H3,(H,21,23). The van der Waals surface area contributed by atoms with Crippen molar-refractivity contribution >= 4 is 34.7 Å². The maximum absolute atomic E-state index is 13.0. The van der Waals surface area contributed by atoms with Crippen molar-refractivity contribution < 1.29 is 9.59 Å². The van der Waals surface area contributed by atoms with Gasteiger partial charge in [-0.15, -0.1) is 0 Å².